The molecule has 0 atom stereocenters. The van der Waals surface area contributed by atoms with Crippen LogP contribution in [0.5, 0.6) is 0 Å². The Kier molecular flexibility index (Phi) is 4.55. The topological polar surface area (TPSA) is 46.4 Å². The summed E-state index contributed by atoms with van der Waals surface area (Å²) in [6.07, 6.45) is 3.45. The Morgan fingerprint density at radius 1 is 1.17 bits per heavy atom. The van der Waals surface area contributed by atoms with Gasteiger partial charge in [0.2, 0.25) is 0 Å². The smallest absolute Gasteiger partial charge is 0.274 e. The molecule has 6 heteroatoms. The van der Waals surface area contributed by atoms with E-state index in [-0.39, 0.29) is 5.91 Å². The fourth-order valence-electron chi connectivity index (χ4n) is 2.49. The number of anilines is 1. The molecule has 4 nitrogen and oxygen atoms in total. The molecule has 23 heavy (non-hydrogen) atoms. The third-order valence-corrected chi connectivity index (χ3v) is 4.14. The van der Waals surface area contributed by atoms with Gasteiger partial charge >= 0.3 is 0 Å². The third-order valence-electron chi connectivity index (χ3n) is 3.51. The van der Waals surface area contributed by atoms with E-state index in [1.807, 2.05) is 24.4 Å². The van der Waals surface area contributed by atoms with E-state index in [0.29, 0.717) is 21.4 Å². The van der Waals surface area contributed by atoms with Gasteiger partial charge in [-0.05, 0) is 30.7 Å². The van der Waals surface area contributed by atoms with Gasteiger partial charge in [0.1, 0.15) is 11.3 Å². The number of imidazole rings is 1. The molecular weight excluding hydrogens is 333 g/mol. The van der Waals surface area contributed by atoms with Gasteiger partial charge in [-0.1, -0.05) is 48.7 Å². The maximum atomic E-state index is 12.8. The van der Waals surface area contributed by atoms with E-state index in [1.54, 1.807) is 22.6 Å². The van der Waals surface area contributed by atoms with Crippen LogP contribution in [0.4, 0.5) is 5.69 Å². The van der Waals surface area contributed by atoms with Gasteiger partial charge in [0.25, 0.3) is 5.91 Å². The van der Waals surface area contributed by atoms with Crippen LogP contribution in [-0.2, 0) is 6.42 Å². The molecule has 0 unspecified atom stereocenters. The molecule has 3 aromatic rings. The molecule has 0 fully saturated rings. The van der Waals surface area contributed by atoms with Crippen molar-refractivity contribution < 1.29 is 4.79 Å². The van der Waals surface area contributed by atoms with Gasteiger partial charge in [0, 0.05) is 6.20 Å². The molecule has 0 aliphatic rings. The fourth-order valence-corrected chi connectivity index (χ4v) is 2.98. The quantitative estimate of drug-likeness (QED) is 0.733. The lowest BCUT2D eigenvalue weighted by molar-refractivity contribution is 0.102. The number of aryl methyl sites for hydroxylation is 1. The number of halogens is 2. The number of rotatable bonds is 4. The SMILES string of the molecule is CCCc1nc2ccccn2c1C(=O)Nc1c(Cl)cccc1Cl. The highest BCUT2D eigenvalue weighted by Gasteiger charge is 2.20. The number of aromatic nitrogens is 2. The van der Waals surface area contributed by atoms with Crippen LogP contribution in [0.3, 0.4) is 0 Å². The zero-order chi connectivity index (χ0) is 16.4. The molecule has 1 aromatic carbocycles. The number of hydrogen-bond donors (Lipinski definition) is 1. The molecule has 0 aliphatic heterocycles. The van der Waals surface area contributed by atoms with Crippen molar-refractivity contribution in [3.63, 3.8) is 0 Å². The van der Waals surface area contributed by atoms with Crippen molar-refractivity contribution in [3.05, 3.63) is 64.0 Å². The van der Waals surface area contributed by atoms with Gasteiger partial charge in [-0.3, -0.25) is 9.20 Å². The summed E-state index contributed by atoms with van der Waals surface area (Å²) in [6.45, 7) is 2.05. The van der Waals surface area contributed by atoms with Crippen LogP contribution in [-0.4, -0.2) is 15.3 Å². The Labute approximate surface area is 144 Å². The highest BCUT2D eigenvalue weighted by molar-refractivity contribution is 6.40. The second kappa shape index (κ2) is 6.60. The van der Waals surface area contributed by atoms with Crippen molar-refractivity contribution in [2.45, 2.75) is 19.8 Å². The molecule has 2 heterocycles. The first-order valence-electron chi connectivity index (χ1n) is 7.33. The van der Waals surface area contributed by atoms with Crippen molar-refractivity contribution in [3.8, 4) is 0 Å². The zero-order valence-electron chi connectivity index (χ0n) is 12.5. The molecule has 0 saturated heterocycles. The van der Waals surface area contributed by atoms with Gasteiger partial charge in [0.05, 0.1) is 21.4 Å². The number of hydrogen-bond acceptors (Lipinski definition) is 2. The minimum absolute atomic E-state index is 0.276. The first-order valence-corrected chi connectivity index (χ1v) is 8.08. The maximum Gasteiger partial charge on any atom is 0.274 e. The number of carbonyl (C=O) groups excluding carboxylic acids is 1. The molecule has 1 amide bonds. The predicted octanol–water partition coefficient (Wildman–Crippen LogP) is 4.85. The summed E-state index contributed by atoms with van der Waals surface area (Å²) in [5, 5.41) is 3.61. The van der Waals surface area contributed by atoms with Gasteiger partial charge in [0.15, 0.2) is 0 Å². The molecule has 0 bridgehead atoms. The summed E-state index contributed by atoms with van der Waals surface area (Å²) >= 11 is 12.3. The van der Waals surface area contributed by atoms with Gasteiger partial charge < -0.3 is 5.32 Å². The predicted molar refractivity (Wildman–Crippen MR) is 93.6 cm³/mol. The molecule has 0 spiro atoms. The molecule has 0 saturated carbocycles. The Morgan fingerprint density at radius 3 is 2.61 bits per heavy atom. The first kappa shape index (κ1) is 15.8. The Balaban J connectivity index is 2.05. The number of para-hydroxylation sites is 1. The Morgan fingerprint density at radius 2 is 1.91 bits per heavy atom. The van der Waals surface area contributed by atoms with E-state index >= 15 is 0 Å². The minimum Gasteiger partial charge on any atom is -0.318 e. The second-order valence-corrected chi connectivity index (χ2v) is 5.95. The minimum atomic E-state index is -0.276. The highest BCUT2D eigenvalue weighted by atomic mass is 35.5. The average Bonchev–Trinajstić information content (AvgIpc) is 2.89. The summed E-state index contributed by atoms with van der Waals surface area (Å²) in [5.41, 5.74) is 2.43. The number of fused-ring (bicyclic) bond motifs is 1. The van der Waals surface area contributed by atoms with Gasteiger partial charge in [-0.2, -0.15) is 0 Å². The van der Waals surface area contributed by atoms with E-state index in [1.165, 1.54) is 0 Å². The van der Waals surface area contributed by atoms with Gasteiger partial charge in [-0.15, -0.1) is 0 Å². The van der Waals surface area contributed by atoms with E-state index in [4.69, 9.17) is 23.2 Å². The fraction of sp³-hybridized carbons (Fsp3) is 0.176. The second-order valence-electron chi connectivity index (χ2n) is 5.14. The van der Waals surface area contributed by atoms with Crippen molar-refractivity contribution in [1.82, 2.24) is 9.38 Å². The molecular formula is C17H15Cl2N3O. The number of nitrogens with one attached hydrogen (secondary N) is 1. The monoisotopic (exact) mass is 347 g/mol. The largest absolute Gasteiger partial charge is 0.318 e. The normalized spacial score (nSPS) is 10.9. The van der Waals surface area contributed by atoms with E-state index < -0.39 is 0 Å². The molecule has 0 aliphatic carbocycles. The van der Waals surface area contributed by atoms with Crippen LogP contribution in [0.25, 0.3) is 5.65 Å². The van der Waals surface area contributed by atoms with Crippen molar-refractivity contribution in [1.29, 1.82) is 0 Å². The molecule has 3 rings (SSSR count). The standard InChI is InChI=1S/C17H15Cl2N3O/c1-2-6-13-16(22-10-4-3-9-14(22)20-13)17(23)21-15-11(18)7-5-8-12(15)19/h3-5,7-10H,2,6H2,1H3,(H,21,23). The lowest BCUT2D eigenvalue weighted by Crippen LogP contribution is -2.17. The number of benzene rings is 1. The molecule has 2 aromatic heterocycles. The number of pyridine rings is 1. The van der Waals surface area contributed by atoms with Crippen molar-refractivity contribution >= 4 is 40.4 Å². The lowest BCUT2D eigenvalue weighted by Gasteiger charge is -2.10. The van der Waals surface area contributed by atoms with Crippen LogP contribution in [0.1, 0.15) is 29.5 Å². The van der Waals surface area contributed by atoms with Crippen LogP contribution in [0.15, 0.2) is 42.6 Å². The van der Waals surface area contributed by atoms with Crippen LogP contribution in [0, 0.1) is 0 Å². The van der Waals surface area contributed by atoms with Crippen LogP contribution in [0.2, 0.25) is 10.0 Å². The number of amides is 1. The van der Waals surface area contributed by atoms with Crippen LogP contribution < -0.4 is 5.32 Å². The van der Waals surface area contributed by atoms with E-state index in [0.717, 1.165) is 24.2 Å². The Bertz CT molecular complexity index is 853. The summed E-state index contributed by atoms with van der Waals surface area (Å²) < 4.78 is 1.78. The average molecular weight is 348 g/mol. The van der Waals surface area contributed by atoms with Crippen LogP contribution >= 0.6 is 23.2 Å². The first-order chi connectivity index (χ1) is 11.1. The lowest BCUT2D eigenvalue weighted by atomic mass is 10.2. The Hall–Kier alpha value is -2.04. The van der Waals surface area contributed by atoms with E-state index in [2.05, 4.69) is 17.2 Å². The molecule has 118 valence electrons. The maximum absolute atomic E-state index is 12.8. The summed E-state index contributed by atoms with van der Waals surface area (Å²) in [6, 6.07) is 10.7. The van der Waals surface area contributed by atoms with Crippen molar-refractivity contribution in [2.75, 3.05) is 5.32 Å². The highest BCUT2D eigenvalue weighted by Crippen LogP contribution is 2.30. The molecule has 0 radical (unpaired) electrons. The summed E-state index contributed by atoms with van der Waals surface area (Å²) in [5.74, 6) is -0.276. The molecule has 1 N–H and O–H groups in total. The van der Waals surface area contributed by atoms with E-state index in [9.17, 15) is 4.79 Å². The third kappa shape index (κ3) is 3.05. The van der Waals surface area contributed by atoms with Crippen molar-refractivity contribution in [2.24, 2.45) is 0 Å². The van der Waals surface area contributed by atoms with Gasteiger partial charge in [-0.25, -0.2) is 4.98 Å². The summed E-state index contributed by atoms with van der Waals surface area (Å²) in [4.78, 5) is 17.3. The number of nitrogens with zero attached hydrogens (tertiary/aromatic N) is 2. The summed E-state index contributed by atoms with van der Waals surface area (Å²) in [7, 11) is 0. The zero-order valence-corrected chi connectivity index (χ0v) is 14.0. The number of carbonyl (C=O) groups is 1.